The predicted molar refractivity (Wildman–Crippen MR) is 78.4 cm³/mol. The van der Waals surface area contributed by atoms with Crippen LogP contribution >= 0.6 is 0 Å². The Labute approximate surface area is 117 Å². The van der Waals surface area contributed by atoms with Crippen molar-refractivity contribution in [2.45, 2.75) is 13.3 Å². The first kappa shape index (κ1) is 12.3. The molecule has 0 aliphatic rings. The number of aryl methyl sites for hydroxylation is 1. The summed E-state index contributed by atoms with van der Waals surface area (Å²) in [5.41, 5.74) is 9.58. The van der Waals surface area contributed by atoms with E-state index in [-0.39, 0.29) is 0 Å². The van der Waals surface area contributed by atoms with Crippen molar-refractivity contribution in [3.8, 4) is 17.1 Å². The first-order valence-corrected chi connectivity index (χ1v) is 6.51. The van der Waals surface area contributed by atoms with Crippen LogP contribution in [0.3, 0.4) is 0 Å². The normalized spacial score (nSPS) is 10.7. The van der Waals surface area contributed by atoms with Gasteiger partial charge in [-0.1, -0.05) is 19.1 Å². The van der Waals surface area contributed by atoms with E-state index in [1.54, 1.807) is 4.68 Å². The first-order chi connectivity index (χ1) is 9.78. The van der Waals surface area contributed by atoms with Gasteiger partial charge in [0.1, 0.15) is 0 Å². The van der Waals surface area contributed by atoms with Crippen molar-refractivity contribution >= 4 is 5.69 Å². The zero-order chi connectivity index (χ0) is 13.9. The zero-order valence-corrected chi connectivity index (χ0v) is 11.2. The molecule has 3 rings (SSSR count). The molecule has 0 bridgehead atoms. The summed E-state index contributed by atoms with van der Waals surface area (Å²) < 4.78 is 1.74. The fourth-order valence-corrected chi connectivity index (χ4v) is 2.08. The molecule has 0 fully saturated rings. The van der Waals surface area contributed by atoms with Crippen LogP contribution in [-0.2, 0) is 6.42 Å². The number of rotatable bonds is 3. The van der Waals surface area contributed by atoms with E-state index in [2.05, 4.69) is 34.6 Å². The minimum Gasteiger partial charge on any atom is -0.399 e. The van der Waals surface area contributed by atoms with Crippen molar-refractivity contribution in [2.75, 3.05) is 5.73 Å². The fraction of sp³-hybridized carbons (Fsp3) is 0.133. The van der Waals surface area contributed by atoms with Gasteiger partial charge < -0.3 is 5.73 Å². The lowest BCUT2D eigenvalue weighted by Crippen LogP contribution is -2.00. The van der Waals surface area contributed by atoms with Crippen molar-refractivity contribution < 1.29 is 0 Å². The molecule has 2 N–H and O–H groups in total. The number of hydrogen-bond acceptors (Lipinski definition) is 4. The Bertz CT molecular complexity index is 715. The summed E-state index contributed by atoms with van der Waals surface area (Å²) in [6.45, 7) is 2.12. The molecule has 1 heterocycles. The van der Waals surface area contributed by atoms with Gasteiger partial charge in [0, 0.05) is 11.3 Å². The lowest BCUT2D eigenvalue weighted by Gasteiger charge is -2.06. The van der Waals surface area contributed by atoms with Crippen LogP contribution in [0, 0.1) is 0 Å². The molecular weight excluding hydrogens is 250 g/mol. The zero-order valence-electron chi connectivity index (χ0n) is 11.2. The number of nitrogen functional groups attached to an aromatic ring is 1. The van der Waals surface area contributed by atoms with Crippen LogP contribution in [0.2, 0.25) is 0 Å². The quantitative estimate of drug-likeness (QED) is 0.739. The summed E-state index contributed by atoms with van der Waals surface area (Å²) >= 11 is 0. The summed E-state index contributed by atoms with van der Waals surface area (Å²) in [5.74, 6) is 0.707. The number of nitrogens with zero attached hydrogens (tertiary/aromatic N) is 4. The van der Waals surface area contributed by atoms with Gasteiger partial charge in [0.2, 0.25) is 0 Å². The van der Waals surface area contributed by atoms with Crippen molar-refractivity contribution in [3.05, 3.63) is 54.1 Å². The van der Waals surface area contributed by atoms with Crippen LogP contribution in [0.25, 0.3) is 17.1 Å². The van der Waals surface area contributed by atoms with E-state index in [1.807, 2.05) is 36.4 Å². The lowest BCUT2D eigenvalue weighted by atomic mass is 10.1. The van der Waals surface area contributed by atoms with Crippen LogP contribution in [0.5, 0.6) is 0 Å². The van der Waals surface area contributed by atoms with E-state index in [0.29, 0.717) is 5.82 Å². The standard InChI is InChI=1S/C15H15N5/c1-2-11-4-3-5-14(10-11)20-15(17-18-19-20)12-6-8-13(16)9-7-12/h3-10H,2,16H2,1H3. The highest BCUT2D eigenvalue weighted by Gasteiger charge is 2.10. The van der Waals surface area contributed by atoms with Gasteiger partial charge in [-0.25, -0.2) is 0 Å². The number of benzene rings is 2. The predicted octanol–water partition coefficient (Wildman–Crippen LogP) is 2.47. The molecule has 0 spiro atoms. The molecule has 5 nitrogen and oxygen atoms in total. The molecule has 2 aromatic carbocycles. The molecule has 5 heteroatoms. The number of tetrazole rings is 1. The molecular formula is C15H15N5. The Morgan fingerprint density at radius 3 is 2.65 bits per heavy atom. The number of aromatic nitrogens is 4. The third-order valence-electron chi connectivity index (χ3n) is 3.20. The minimum absolute atomic E-state index is 0.707. The van der Waals surface area contributed by atoms with Crippen molar-refractivity contribution in [1.82, 2.24) is 20.2 Å². The maximum Gasteiger partial charge on any atom is 0.187 e. The Morgan fingerprint density at radius 2 is 1.90 bits per heavy atom. The number of nitrogens with two attached hydrogens (primary N) is 1. The summed E-state index contributed by atoms with van der Waals surface area (Å²) in [4.78, 5) is 0. The molecule has 3 aromatic rings. The van der Waals surface area contributed by atoms with Gasteiger partial charge in [-0.15, -0.1) is 5.10 Å². The first-order valence-electron chi connectivity index (χ1n) is 6.51. The molecule has 0 amide bonds. The van der Waals surface area contributed by atoms with Gasteiger partial charge in [0.25, 0.3) is 0 Å². The van der Waals surface area contributed by atoms with Gasteiger partial charge in [-0.3, -0.25) is 0 Å². The minimum atomic E-state index is 0.707. The lowest BCUT2D eigenvalue weighted by molar-refractivity contribution is 0.790. The highest BCUT2D eigenvalue weighted by molar-refractivity contribution is 5.60. The number of hydrogen-bond donors (Lipinski definition) is 1. The molecule has 0 saturated carbocycles. The van der Waals surface area contributed by atoms with Gasteiger partial charge >= 0.3 is 0 Å². The average molecular weight is 265 g/mol. The topological polar surface area (TPSA) is 69.6 Å². The van der Waals surface area contributed by atoms with Crippen LogP contribution in [0.4, 0.5) is 5.69 Å². The van der Waals surface area contributed by atoms with E-state index in [1.165, 1.54) is 5.56 Å². The summed E-state index contributed by atoms with van der Waals surface area (Å²) in [6.07, 6.45) is 0.979. The van der Waals surface area contributed by atoms with Crippen LogP contribution in [0.1, 0.15) is 12.5 Å². The summed E-state index contributed by atoms with van der Waals surface area (Å²) in [7, 11) is 0. The second-order valence-corrected chi connectivity index (χ2v) is 4.56. The van der Waals surface area contributed by atoms with E-state index in [4.69, 9.17) is 5.73 Å². The second kappa shape index (κ2) is 5.13. The summed E-state index contributed by atoms with van der Waals surface area (Å²) in [6, 6.07) is 15.7. The number of anilines is 1. The maximum absolute atomic E-state index is 5.71. The summed E-state index contributed by atoms with van der Waals surface area (Å²) in [5, 5.41) is 12.0. The highest BCUT2D eigenvalue weighted by Crippen LogP contribution is 2.21. The monoisotopic (exact) mass is 265 g/mol. The van der Waals surface area contributed by atoms with Crippen LogP contribution in [0.15, 0.2) is 48.5 Å². The molecule has 100 valence electrons. The molecule has 0 aliphatic carbocycles. The maximum atomic E-state index is 5.71. The van der Waals surface area contributed by atoms with Gasteiger partial charge in [0.05, 0.1) is 5.69 Å². The van der Waals surface area contributed by atoms with Gasteiger partial charge in [-0.05, 0) is 58.8 Å². The third-order valence-corrected chi connectivity index (χ3v) is 3.20. The smallest absolute Gasteiger partial charge is 0.187 e. The molecule has 0 atom stereocenters. The molecule has 0 saturated heterocycles. The Kier molecular flexibility index (Phi) is 3.16. The molecule has 20 heavy (non-hydrogen) atoms. The second-order valence-electron chi connectivity index (χ2n) is 4.56. The average Bonchev–Trinajstić information content (AvgIpc) is 2.97. The molecule has 0 aliphatic heterocycles. The van der Waals surface area contributed by atoms with E-state index in [0.717, 1.165) is 23.4 Å². The van der Waals surface area contributed by atoms with Gasteiger partial charge in [-0.2, -0.15) is 4.68 Å². The third kappa shape index (κ3) is 2.25. The fourth-order valence-electron chi connectivity index (χ4n) is 2.08. The molecule has 0 radical (unpaired) electrons. The van der Waals surface area contributed by atoms with Crippen LogP contribution < -0.4 is 5.73 Å². The van der Waals surface area contributed by atoms with Gasteiger partial charge in [0.15, 0.2) is 5.82 Å². The molecule has 0 unspecified atom stereocenters. The molecule has 1 aromatic heterocycles. The van der Waals surface area contributed by atoms with Crippen LogP contribution in [-0.4, -0.2) is 20.2 Å². The highest BCUT2D eigenvalue weighted by atomic mass is 15.5. The van der Waals surface area contributed by atoms with E-state index < -0.39 is 0 Å². The van der Waals surface area contributed by atoms with Crippen molar-refractivity contribution in [3.63, 3.8) is 0 Å². The Balaban J connectivity index is 2.07. The van der Waals surface area contributed by atoms with E-state index in [9.17, 15) is 0 Å². The van der Waals surface area contributed by atoms with E-state index >= 15 is 0 Å². The Morgan fingerprint density at radius 1 is 1.10 bits per heavy atom. The Hall–Kier alpha value is -2.69. The SMILES string of the molecule is CCc1cccc(-n2nnnc2-c2ccc(N)cc2)c1. The van der Waals surface area contributed by atoms with Crippen molar-refractivity contribution in [1.29, 1.82) is 0 Å². The largest absolute Gasteiger partial charge is 0.399 e. The van der Waals surface area contributed by atoms with Crippen molar-refractivity contribution in [2.24, 2.45) is 0 Å².